The molecule has 0 amide bonds. The maximum atomic E-state index is 10.9. The van der Waals surface area contributed by atoms with Gasteiger partial charge in [-0.25, -0.2) is 0 Å². The lowest BCUT2D eigenvalue weighted by Crippen LogP contribution is -2.37. The Morgan fingerprint density at radius 3 is 2.03 bits per heavy atom. The second-order valence-electron chi connectivity index (χ2n) is 14.1. The molecule has 1 aliphatic carbocycles. The summed E-state index contributed by atoms with van der Waals surface area (Å²) in [6.07, 6.45) is 9.15. The lowest BCUT2D eigenvalue weighted by Gasteiger charge is -2.42. The highest BCUT2D eigenvalue weighted by atomic mass is 16.3. The van der Waals surface area contributed by atoms with Crippen molar-refractivity contribution in [2.45, 2.75) is 119 Å². The Kier molecular flexibility index (Phi) is 16.0. The van der Waals surface area contributed by atoms with Crippen LogP contribution in [0.4, 0.5) is 0 Å². The van der Waals surface area contributed by atoms with E-state index < -0.39 is 0 Å². The quantitative estimate of drug-likeness (QED) is 0.358. The van der Waals surface area contributed by atoms with E-state index in [1.807, 2.05) is 14.1 Å². The third kappa shape index (κ3) is 10.7. The summed E-state index contributed by atoms with van der Waals surface area (Å²) in [5.74, 6) is 5.59. The van der Waals surface area contributed by atoms with Gasteiger partial charge in [0, 0.05) is 12.6 Å². The Bertz CT molecular complexity index is 689. The normalized spacial score (nSPS) is 41.0. The van der Waals surface area contributed by atoms with Crippen LogP contribution in [-0.4, -0.2) is 49.8 Å². The Morgan fingerprint density at radius 2 is 1.45 bits per heavy atom. The molecule has 1 saturated heterocycles. The van der Waals surface area contributed by atoms with Crippen molar-refractivity contribution in [2.75, 3.05) is 27.7 Å². The fraction of sp³-hybridized carbons (Fsp3) is 0.886. The number of aliphatic hydroxyl groups excluding tert-OH is 1. The first-order valence-corrected chi connectivity index (χ1v) is 16.1. The predicted molar refractivity (Wildman–Crippen MR) is 169 cm³/mol. The second-order valence-corrected chi connectivity index (χ2v) is 14.1. The Morgan fingerprint density at radius 1 is 0.868 bits per heavy atom. The summed E-state index contributed by atoms with van der Waals surface area (Å²) in [4.78, 5) is 2.54. The number of hydrogen-bond donors (Lipinski definition) is 2. The van der Waals surface area contributed by atoms with E-state index in [1.165, 1.54) is 43.3 Å². The van der Waals surface area contributed by atoms with Gasteiger partial charge >= 0.3 is 0 Å². The molecule has 1 heterocycles. The molecule has 1 saturated carbocycles. The fourth-order valence-corrected chi connectivity index (χ4v) is 7.57. The van der Waals surface area contributed by atoms with Gasteiger partial charge in [0.1, 0.15) is 0 Å². The van der Waals surface area contributed by atoms with E-state index in [2.05, 4.69) is 85.8 Å². The highest BCUT2D eigenvalue weighted by Gasteiger charge is 2.37. The minimum Gasteiger partial charge on any atom is -0.393 e. The van der Waals surface area contributed by atoms with Crippen LogP contribution in [0.1, 0.15) is 107 Å². The van der Waals surface area contributed by atoms with Crippen LogP contribution in [0.5, 0.6) is 0 Å². The van der Waals surface area contributed by atoms with Crippen LogP contribution < -0.4 is 5.32 Å². The number of likely N-dealkylation sites (N-methyl/N-ethyl adjacent to an activating group) is 1. The van der Waals surface area contributed by atoms with E-state index in [0.717, 1.165) is 31.7 Å². The number of aliphatic hydroxyl groups is 1. The number of rotatable bonds is 3. The van der Waals surface area contributed by atoms with Gasteiger partial charge in [0.2, 0.25) is 0 Å². The van der Waals surface area contributed by atoms with E-state index in [0.29, 0.717) is 53.4 Å². The first kappa shape index (κ1) is 35.4. The molecule has 2 N–H and O–H groups in total. The van der Waals surface area contributed by atoms with Crippen molar-refractivity contribution >= 4 is 0 Å². The average molecular weight is 533 g/mol. The molecular weight excluding hydrogens is 464 g/mol. The van der Waals surface area contributed by atoms with Crippen molar-refractivity contribution in [2.24, 2.45) is 53.3 Å². The summed E-state index contributed by atoms with van der Waals surface area (Å²) in [7, 11) is 6.04. The third-order valence-corrected chi connectivity index (χ3v) is 10.8. The molecule has 0 bridgehead atoms. The molecule has 3 nitrogen and oxygen atoms in total. The van der Waals surface area contributed by atoms with Crippen LogP contribution in [0.15, 0.2) is 24.3 Å². The summed E-state index contributed by atoms with van der Waals surface area (Å²) < 4.78 is 0. The maximum absolute atomic E-state index is 10.9. The molecule has 0 aromatic carbocycles. The largest absolute Gasteiger partial charge is 0.393 e. The molecule has 2 rings (SSSR count). The molecule has 224 valence electrons. The smallest absolute Gasteiger partial charge is 0.0568 e. The van der Waals surface area contributed by atoms with E-state index in [4.69, 9.17) is 0 Å². The van der Waals surface area contributed by atoms with Crippen molar-refractivity contribution < 1.29 is 5.11 Å². The first-order chi connectivity index (χ1) is 17.8. The molecule has 3 heteroatoms. The maximum Gasteiger partial charge on any atom is 0.0568 e. The molecule has 38 heavy (non-hydrogen) atoms. The standard InChI is InChI=1S/C33H61NO.C2H7N/c1-12-30-17-23(4)26(7)27(8)28(9)32(19-31-16-21(2)13-14-33(31)35)25(6)15-22(3)20-34(11)29(10)24(5)18-30;1-3-2/h21-22,25-33,35H,4-5,12-20H2,1-3,6-11H3;3H,1-2H3/t21-,22-,25+,26+,27-,28?,29-,30+,31+,32+,33-;/m1./s1. The summed E-state index contributed by atoms with van der Waals surface area (Å²) in [6.45, 7) is 29.8. The molecule has 2 aliphatic rings. The summed E-state index contributed by atoms with van der Waals surface area (Å²) in [5, 5.41) is 13.7. The summed E-state index contributed by atoms with van der Waals surface area (Å²) in [5.41, 5.74) is 2.82. The fourth-order valence-electron chi connectivity index (χ4n) is 7.57. The molecule has 11 atom stereocenters. The van der Waals surface area contributed by atoms with Gasteiger partial charge in [-0.1, -0.05) is 79.2 Å². The summed E-state index contributed by atoms with van der Waals surface area (Å²) in [6, 6.07) is 0.421. The lowest BCUT2D eigenvalue weighted by molar-refractivity contribution is 0.0171. The van der Waals surface area contributed by atoms with E-state index >= 15 is 0 Å². The van der Waals surface area contributed by atoms with Gasteiger partial charge < -0.3 is 10.4 Å². The molecule has 2 fully saturated rings. The highest BCUT2D eigenvalue weighted by molar-refractivity contribution is 5.09. The molecule has 0 spiro atoms. The van der Waals surface area contributed by atoms with E-state index in [1.54, 1.807) is 0 Å². The van der Waals surface area contributed by atoms with E-state index in [-0.39, 0.29) is 6.10 Å². The number of nitrogens with one attached hydrogen (secondary N) is 1. The zero-order valence-corrected chi connectivity index (χ0v) is 27.5. The molecule has 1 aliphatic heterocycles. The van der Waals surface area contributed by atoms with Gasteiger partial charge in [-0.3, -0.25) is 4.90 Å². The zero-order chi connectivity index (χ0) is 29.2. The van der Waals surface area contributed by atoms with Crippen LogP contribution in [0.25, 0.3) is 0 Å². The second kappa shape index (κ2) is 17.2. The molecule has 1 unspecified atom stereocenters. The Labute approximate surface area is 239 Å². The van der Waals surface area contributed by atoms with Crippen LogP contribution in [-0.2, 0) is 0 Å². The minimum atomic E-state index is -0.106. The van der Waals surface area contributed by atoms with Crippen LogP contribution >= 0.6 is 0 Å². The number of nitrogens with zero attached hydrogens (tertiary/aromatic N) is 1. The van der Waals surface area contributed by atoms with Crippen LogP contribution in [0.3, 0.4) is 0 Å². The van der Waals surface area contributed by atoms with Gasteiger partial charge in [0.15, 0.2) is 0 Å². The monoisotopic (exact) mass is 533 g/mol. The Balaban J connectivity index is 0.00000229. The van der Waals surface area contributed by atoms with Crippen molar-refractivity contribution in [3.8, 4) is 0 Å². The van der Waals surface area contributed by atoms with Crippen LogP contribution in [0.2, 0.25) is 0 Å². The van der Waals surface area contributed by atoms with Crippen LogP contribution in [0, 0.1) is 53.3 Å². The van der Waals surface area contributed by atoms with E-state index in [9.17, 15) is 5.11 Å². The molecular formula is C35H68N2O. The number of allylic oxidation sites excluding steroid dienone is 1. The average Bonchev–Trinajstić information content (AvgIpc) is 2.86. The van der Waals surface area contributed by atoms with Crippen molar-refractivity contribution in [3.05, 3.63) is 24.3 Å². The van der Waals surface area contributed by atoms with Gasteiger partial charge in [-0.2, -0.15) is 0 Å². The summed E-state index contributed by atoms with van der Waals surface area (Å²) >= 11 is 0. The molecule has 0 aromatic heterocycles. The van der Waals surface area contributed by atoms with Gasteiger partial charge in [0.25, 0.3) is 0 Å². The van der Waals surface area contributed by atoms with Gasteiger partial charge in [-0.05, 0) is 126 Å². The van der Waals surface area contributed by atoms with Crippen molar-refractivity contribution in [1.29, 1.82) is 0 Å². The van der Waals surface area contributed by atoms with Crippen molar-refractivity contribution in [3.63, 3.8) is 0 Å². The topological polar surface area (TPSA) is 35.5 Å². The third-order valence-electron chi connectivity index (χ3n) is 10.8. The number of hydrogen-bond acceptors (Lipinski definition) is 3. The van der Waals surface area contributed by atoms with Crippen molar-refractivity contribution in [1.82, 2.24) is 10.2 Å². The zero-order valence-electron chi connectivity index (χ0n) is 27.5. The first-order valence-electron chi connectivity index (χ1n) is 16.1. The minimum absolute atomic E-state index is 0.106. The Hall–Kier alpha value is -0.640. The highest BCUT2D eigenvalue weighted by Crippen LogP contribution is 2.44. The van der Waals surface area contributed by atoms with Gasteiger partial charge in [-0.15, -0.1) is 0 Å². The molecule has 0 aromatic rings. The molecule has 0 radical (unpaired) electrons. The SMILES string of the molecule is C=C1C[C@@H](CC)CC(=C)[C@H](C)[C@@H](C)C(C)[C@@H](C[C@@H]2C[C@H](C)CC[C@H]2O)[C@@H](C)C[C@@H](C)CN(C)[C@@H]1C.CNC. The lowest BCUT2D eigenvalue weighted by atomic mass is 9.65. The van der Waals surface area contributed by atoms with Gasteiger partial charge in [0.05, 0.1) is 6.10 Å². The predicted octanol–water partition coefficient (Wildman–Crippen LogP) is 8.45.